The predicted octanol–water partition coefficient (Wildman–Crippen LogP) is 13.5. The summed E-state index contributed by atoms with van der Waals surface area (Å²) in [5, 5.41) is 0. The highest BCUT2D eigenvalue weighted by Gasteiger charge is 2.31. The maximum atomic E-state index is 14.1. The summed E-state index contributed by atoms with van der Waals surface area (Å²) in [6, 6.07) is 23.8. The van der Waals surface area contributed by atoms with E-state index in [4.69, 9.17) is 24.7 Å². The lowest BCUT2D eigenvalue weighted by molar-refractivity contribution is 0.0805. The van der Waals surface area contributed by atoms with Crippen LogP contribution in [-0.4, -0.2) is 50.1 Å². The van der Waals surface area contributed by atoms with Crippen LogP contribution in [0.25, 0.3) is 29.4 Å². The molecule has 2 N–H and O–H groups in total. The number of allylic oxidation sites excluding steroid dienone is 9. The van der Waals surface area contributed by atoms with Gasteiger partial charge in [0.2, 0.25) is 0 Å². The minimum absolute atomic E-state index is 0.0847. The zero-order chi connectivity index (χ0) is 46.9. The lowest BCUT2D eigenvalue weighted by atomic mass is 9.86. The molecule has 2 atom stereocenters. The summed E-state index contributed by atoms with van der Waals surface area (Å²) in [5.41, 5.74) is 18.7. The molecule has 8 heteroatoms. The van der Waals surface area contributed by atoms with Crippen molar-refractivity contribution in [1.82, 2.24) is 4.90 Å². The number of benzene rings is 4. The zero-order valence-electron chi connectivity index (χ0n) is 39.3. The molecule has 0 spiro atoms. The Hall–Kier alpha value is -7.06. The Kier molecular flexibility index (Phi) is 14.9. The van der Waals surface area contributed by atoms with Crippen molar-refractivity contribution in [3.05, 3.63) is 178 Å². The Bertz CT molecular complexity index is 2730. The fraction of sp³-hybridized carbons (Fsp3) is 0.288. The fourth-order valence-corrected chi connectivity index (χ4v) is 9.39. The van der Waals surface area contributed by atoms with Crippen LogP contribution >= 0.6 is 0 Å². The molecule has 0 unspecified atom stereocenters. The number of fused-ring (bicyclic) bond motifs is 3. The quantitative estimate of drug-likeness (QED) is 0.0549. The monoisotopic (exact) mass is 894 g/mol. The lowest BCUT2D eigenvalue weighted by Crippen LogP contribution is -2.31. The first-order valence-corrected chi connectivity index (χ1v) is 23.6. The molecular formula is C59H62N2O6. The number of nitrogens with zero attached hydrogens (tertiary/aromatic N) is 1. The molecule has 1 saturated carbocycles. The summed E-state index contributed by atoms with van der Waals surface area (Å²) in [7, 11) is 3.18. The van der Waals surface area contributed by atoms with E-state index >= 15 is 0 Å². The van der Waals surface area contributed by atoms with Crippen LogP contribution in [0.5, 0.6) is 23.0 Å². The third-order valence-corrected chi connectivity index (χ3v) is 13.4. The number of rotatable bonds is 15. The van der Waals surface area contributed by atoms with Crippen LogP contribution in [0, 0.1) is 5.92 Å². The average molecular weight is 895 g/mol. The molecule has 1 amide bonds. The number of ether oxygens (including phenoxy) is 4. The van der Waals surface area contributed by atoms with Gasteiger partial charge in [-0.15, -0.1) is 0 Å². The van der Waals surface area contributed by atoms with E-state index in [1.54, 1.807) is 36.8 Å². The van der Waals surface area contributed by atoms with Crippen molar-refractivity contribution in [2.24, 2.45) is 5.92 Å². The second-order valence-corrected chi connectivity index (χ2v) is 17.7. The van der Waals surface area contributed by atoms with Crippen LogP contribution in [0.1, 0.15) is 120 Å². The molecule has 4 aliphatic rings. The molecule has 67 heavy (non-hydrogen) atoms. The summed E-state index contributed by atoms with van der Waals surface area (Å²) in [5.74, 6) is 1.84. The molecule has 0 bridgehead atoms. The number of anilines is 1. The number of carbonyl (C=O) groups excluding carboxylic acids is 2. The van der Waals surface area contributed by atoms with E-state index < -0.39 is 0 Å². The van der Waals surface area contributed by atoms with Crippen molar-refractivity contribution < 1.29 is 28.5 Å². The minimum atomic E-state index is -0.158. The highest BCUT2D eigenvalue weighted by Crippen LogP contribution is 2.40. The first-order chi connectivity index (χ1) is 32.7. The van der Waals surface area contributed by atoms with E-state index in [1.807, 2.05) is 66.9 Å². The van der Waals surface area contributed by atoms with Crippen LogP contribution in [0.4, 0.5) is 5.69 Å². The van der Waals surface area contributed by atoms with E-state index in [2.05, 4.69) is 75.1 Å². The van der Waals surface area contributed by atoms with Crippen LogP contribution in [0.15, 0.2) is 139 Å². The van der Waals surface area contributed by atoms with Crippen molar-refractivity contribution in [3.8, 4) is 23.0 Å². The maximum Gasteiger partial charge on any atom is 0.259 e. The van der Waals surface area contributed by atoms with Gasteiger partial charge >= 0.3 is 0 Å². The number of methoxy groups -OCH3 is 2. The molecule has 8 rings (SSSR count). The van der Waals surface area contributed by atoms with Gasteiger partial charge in [-0.25, -0.2) is 0 Å². The predicted molar refractivity (Wildman–Crippen MR) is 273 cm³/mol. The van der Waals surface area contributed by atoms with E-state index in [0.717, 1.165) is 72.8 Å². The number of nitrogen functional groups attached to an aromatic ring is 1. The van der Waals surface area contributed by atoms with Crippen molar-refractivity contribution in [2.45, 2.75) is 77.7 Å². The lowest BCUT2D eigenvalue weighted by Gasteiger charge is -2.22. The Balaban J connectivity index is 0.851. The number of amides is 1. The Morgan fingerprint density at radius 3 is 2.09 bits per heavy atom. The second-order valence-electron chi connectivity index (χ2n) is 17.7. The third-order valence-electron chi connectivity index (χ3n) is 13.4. The summed E-state index contributed by atoms with van der Waals surface area (Å²) in [6.45, 7) is 9.43. The maximum absolute atomic E-state index is 14.1. The van der Waals surface area contributed by atoms with Crippen molar-refractivity contribution in [3.63, 3.8) is 0 Å². The van der Waals surface area contributed by atoms with Crippen molar-refractivity contribution >= 4 is 46.8 Å². The standard InChI is InChI=1S/C59H62N2O6/c1-6-40-18-20-41(21-19-40)30-42-22-24-44(25-23-42)43(7-2)31-45-26-27-48-35-57(54(64-4)36-52(48)58(62)39(45)3)67-29-12-8-11-28-66-56-34-47-14-9-10-17-51-33-49(46-15-13-16-50(60)32-46)38-61(51)59(63)53(47)37-55(56)65-5/h6-7,9-10,13-17,22-27,30,32,34-38,45,51H,3,8,11-12,18-21,28-29,31,33,60H2,1-2,4-5H3/b14-9+,17-10+,40-6?,41-30?,43-7+/t45-,51-/m1/s1. The van der Waals surface area contributed by atoms with E-state index in [1.165, 1.54) is 16.7 Å². The number of nitrogens with two attached hydrogens (primary N) is 1. The zero-order valence-corrected chi connectivity index (χ0v) is 39.3. The summed E-state index contributed by atoms with van der Waals surface area (Å²) < 4.78 is 24.0. The van der Waals surface area contributed by atoms with E-state index in [9.17, 15) is 9.59 Å². The largest absolute Gasteiger partial charge is 0.493 e. The Morgan fingerprint density at radius 1 is 0.761 bits per heavy atom. The molecule has 2 heterocycles. The van der Waals surface area contributed by atoms with Gasteiger partial charge in [0, 0.05) is 28.9 Å². The van der Waals surface area contributed by atoms with Gasteiger partial charge in [-0.2, -0.15) is 0 Å². The highest BCUT2D eigenvalue weighted by molar-refractivity contribution is 6.12. The SMILES string of the molecule is C=C1C(=O)c2cc(OC)c(OCCCCCOc3cc4c(cc3OC)C(=O)N3C=C(c5cccc(N)c5)C[C@H]3/C=C/C=C/4)cc2C=C[C@@H]1C/C(=C\C)c1ccc(C=C2CCC(=CC)CC2)cc1. The number of Topliss-reactive ketones (excluding diaryl/α,β-unsaturated/α-hetero) is 1. The number of unbranched alkanes of at least 4 members (excludes halogenated alkanes) is 2. The van der Waals surface area contributed by atoms with Crippen molar-refractivity contribution in [2.75, 3.05) is 33.2 Å². The number of hydrogen-bond donors (Lipinski definition) is 1. The molecule has 1 fully saturated rings. The number of carbonyl (C=O) groups is 2. The third kappa shape index (κ3) is 10.8. The number of ketones is 1. The molecule has 0 aromatic heterocycles. The first-order valence-electron chi connectivity index (χ1n) is 23.6. The van der Waals surface area contributed by atoms with Gasteiger partial charge < -0.3 is 29.6 Å². The molecule has 0 radical (unpaired) electrons. The van der Waals surface area contributed by atoms with Gasteiger partial charge in [-0.3, -0.25) is 9.59 Å². The number of hydrogen-bond acceptors (Lipinski definition) is 7. The van der Waals surface area contributed by atoms with Gasteiger partial charge in [0.15, 0.2) is 28.8 Å². The Labute approximate surface area is 396 Å². The van der Waals surface area contributed by atoms with Gasteiger partial charge in [-0.05, 0) is 147 Å². The molecule has 2 aliphatic carbocycles. The highest BCUT2D eigenvalue weighted by atomic mass is 16.5. The minimum Gasteiger partial charge on any atom is -0.493 e. The van der Waals surface area contributed by atoms with E-state index in [-0.39, 0.29) is 23.7 Å². The Morgan fingerprint density at radius 2 is 1.43 bits per heavy atom. The van der Waals surface area contributed by atoms with Crippen molar-refractivity contribution in [1.29, 1.82) is 0 Å². The van der Waals surface area contributed by atoms with Gasteiger partial charge in [0.25, 0.3) is 5.91 Å². The summed E-state index contributed by atoms with van der Waals surface area (Å²) in [6.07, 6.45) is 29.1. The molecule has 4 aromatic rings. The fourth-order valence-electron chi connectivity index (χ4n) is 9.39. The average Bonchev–Trinajstić information content (AvgIpc) is 3.76. The summed E-state index contributed by atoms with van der Waals surface area (Å²) >= 11 is 0. The molecular weight excluding hydrogens is 833 g/mol. The molecule has 344 valence electrons. The van der Waals surface area contributed by atoms with Crippen LogP contribution < -0.4 is 24.7 Å². The van der Waals surface area contributed by atoms with Gasteiger partial charge in [0.05, 0.1) is 39.0 Å². The van der Waals surface area contributed by atoms with Crippen LogP contribution in [0.3, 0.4) is 0 Å². The molecule has 4 aromatic carbocycles. The molecule has 0 saturated heterocycles. The molecule has 8 nitrogen and oxygen atoms in total. The normalized spacial score (nSPS) is 18.9. The van der Waals surface area contributed by atoms with Gasteiger partial charge in [-0.1, -0.05) is 109 Å². The van der Waals surface area contributed by atoms with Gasteiger partial charge in [0.1, 0.15) is 0 Å². The topological polar surface area (TPSA) is 100 Å². The first kappa shape index (κ1) is 46.5. The summed E-state index contributed by atoms with van der Waals surface area (Å²) in [4.78, 5) is 29.8. The van der Waals surface area contributed by atoms with Crippen LogP contribution in [-0.2, 0) is 0 Å². The molecule has 2 aliphatic heterocycles. The van der Waals surface area contributed by atoms with Crippen LogP contribution in [0.2, 0.25) is 0 Å². The smallest absolute Gasteiger partial charge is 0.259 e. The second kappa shape index (κ2) is 21.5. The van der Waals surface area contributed by atoms with E-state index in [0.29, 0.717) is 71.4 Å².